The zero-order chi connectivity index (χ0) is 16.9. The van der Waals surface area contributed by atoms with Crippen LogP contribution in [0, 0.1) is 0 Å². The van der Waals surface area contributed by atoms with Crippen LogP contribution in [0.25, 0.3) is 10.9 Å². The number of H-pyrrole nitrogens is 1. The number of carbonyl (C=O) groups excluding carboxylic acids is 2. The fraction of sp³-hybridized carbons (Fsp3) is 0.214. The van der Waals surface area contributed by atoms with Crippen LogP contribution < -0.4 is 10.6 Å². The van der Waals surface area contributed by atoms with Crippen molar-refractivity contribution in [3.63, 3.8) is 0 Å². The average Bonchev–Trinajstić information content (AvgIpc) is 3.16. The molecule has 2 heterocycles. The second-order valence-corrected chi connectivity index (χ2v) is 4.83. The largest absolute Gasteiger partial charge is 0.450 e. The first-order chi connectivity index (χ1) is 11.6. The highest BCUT2D eigenvalue weighted by Crippen LogP contribution is 2.16. The zero-order valence-corrected chi connectivity index (χ0v) is 12.8. The summed E-state index contributed by atoms with van der Waals surface area (Å²) in [5.74, 6) is -0.0859. The summed E-state index contributed by atoms with van der Waals surface area (Å²) in [6, 6.07) is 5.40. The van der Waals surface area contributed by atoms with Crippen LogP contribution in [0.3, 0.4) is 0 Å². The molecule has 10 nitrogen and oxygen atoms in total. The Morgan fingerprint density at radius 2 is 2.17 bits per heavy atom. The van der Waals surface area contributed by atoms with Crippen molar-refractivity contribution in [2.24, 2.45) is 0 Å². The number of rotatable bonds is 5. The van der Waals surface area contributed by atoms with E-state index in [9.17, 15) is 9.59 Å². The van der Waals surface area contributed by atoms with Crippen molar-refractivity contribution in [1.82, 2.24) is 25.2 Å². The summed E-state index contributed by atoms with van der Waals surface area (Å²) in [4.78, 5) is 24.5. The van der Waals surface area contributed by atoms with Crippen LogP contribution >= 0.6 is 0 Å². The zero-order valence-electron chi connectivity index (χ0n) is 12.8. The molecule has 0 aliphatic carbocycles. The minimum atomic E-state index is -0.623. The van der Waals surface area contributed by atoms with Crippen LogP contribution in [0.1, 0.15) is 6.92 Å². The number of nitrogens with one attached hydrogen (secondary N) is 3. The number of aromatic amines is 1. The Balaban J connectivity index is 1.58. The number of hydrogen-bond donors (Lipinski definition) is 3. The maximum atomic E-state index is 12.0. The summed E-state index contributed by atoms with van der Waals surface area (Å²) in [6.07, 6.45) is 2.39. The molecule has 0 saturated carbocycles. The number of aromatic nitrogens is 5. The molecule has 0 unspecified atom stereocenters. The fourth-order valence-electron chi connectivity index (χ4n) is 2.05. The second kappa shape index (κ2) is 6.77. The van der Waals surface area contributed by atoms with Gasteiger partial charge in [0.1, 0.15) is 6.54 Å². The molecule has 1 aromatic carbocycles. The predicted octanol–water partition coefficient (Wildman–Crippen LogP) is 1.36. The molecular formula is C14H15N7O3. The van der Waals surface area contributed by atoms with Crippen molar-refractivity contribution in [3.05, 3.63) is 30.6 Å². The Labute approximate surface area is 136 Å². The molecular weight excluding hydrogens is 314 g/mol. The summed E-state index contributed by atoms with van der Waals surface area (Å²) in [6.45, 7) is 1.86. The molecule has 2 aromatic heterocycles. The van der Waals surface area contributed by atoms with Crippen molar-refractivity contribution < 1.29 is 14.3 Å². The van der Waals surface area contributed by atoms with E-state index in [4.69, 9.17) is 4.74 Å². The highest BCUT2D eigenvalue weighted by Gasteiger charge is 2.09. The van der Waals surface area contributed by atoms with E-state index in [0.717, 1.165) is 10.9 Å². The third-order valence-corrected chi connectivity index (χ3v) is 3.05. The average molecular weight is 329 g/mol. The maximum Gasteiger partial charge on any atom is 0.412 e. The van der Waals surface area contributed by atoms with Gasteiger partial charge in [-0.3, -0.25) is 15.2 Å². The molecule has 0 aliphatic rings. The van der Waals surface area contributed by atoms with Gasteiger partial charge in [0.2, 0.25) is 5.91 Å². The predicted molar refractivity (Wildman–Crippen MR) is 85.4 cm³/mol. The summed E-state index contributed by atoms with van der Waals surface area (Å²) >= 11 is 0. The monoisotopic (exact) mass is 329 g/mol. The van der Waals surface area contributed by atoms with Crippen LogP contribution in [0.15, 0.2) is 30.6 Å². The SMILES string of the molecule is CCOC(=O)Nc1cnn(CC(=O)Nc2ccc3[nH]ncc3c2)n1. The van der Waals surface area contributed by atoms with Gasteiger partial charge in [-0.25, -0.2) is 4.79 Å². The van der Waals surface area contributed by atoms with E-state index >= 15 is 0 Å². The highest BCUT2D eigenvalue weighted by atomic mass is 16.5. The smallest absolute Gasteiger partial charge is 0.412 e. The molecule has 124 valence electrons. The van der Waals surface area contributed by atoms with E-state index in [0.29, 0.717) is 5.69 Å². The van der Waals surface area contributed by atoms with E-state index in [-0.39, 0.29) is 24.9 Å². The van der Waals surface area contributed by atoms with Gasteiger partial charge in [-0.15, -0.1) is 5.10 Å². The molecule has 3 aromatic rings. The summed E-state index contributed by atoms with van der Waals surface area (Å²) in [7, 11) is 0. The molecule has 0 radical (unpaired) electrons. The molecule has 3 N–H and O–H groups in total. The van der Waals surface area contributed by atoms with Gasteiger partial charge in [-0.1, -0.05) is 0 Å². The van der Waals surface area contributed by atoms with Gasteiger partial charge in [-0.2, -0.15) is 15.0 Å². The standard InChI is InChI=1S/C14H15N7O3/c1-2-24-14(23)18-12-7-16-21(20-12)8-13(22)17-10-3-4-11-9(5-10)6-15-19-11/h3-7H,2,8H2,1H3,(H,15,19)(H,17,22)(H,18,20,23). The van der Waals surface area contributed by atoms with Crippen molar-refractivity contribution in [2.45, 2.75) is 13.5 Å². The molecule has 10 heteroatoms. The van der Waals surface area contributed by atoms with Gasteiger partial charge in [-0.05, 0) is 25.1 Å². The number of carbonyl (C=O) groups is 2. The number of nitrogens with zero attached hydrogens (tertiary/aromatic N) is 4. The van der Waals surface area contributed by atoms with E-state index < -0.39 is 6.09 Å². The molecule has 0 bridgehead atoms. The van der Waals surface area contributed by atoms with Crippen molar-refractivity contribution in [1.29, 1.82) is 0 Å². The molecule has 2 amide bonds. The molecule has 3 rings (SSSR count). The molecule has 24 heavy (non-hydrogen) atoms. The fourth-order valence-corrected chi connectivity index (χ4v) is 2.05. The van der Waals surface area contributed by atoms with Crippen LogP contribution in [0.2, 0.25) is 0 Å². The van der Waals surface area contributed by atoms with Crippen molar-refractivity contribution in [3.8, 4) is 0 Å². The molecule has 0 fully saturated rings. The van der Waals surface area contributed by atoms with E-state index in [1.165, 1.54) is 11.0 Å². The van der Waals surface area contributed by atoms with Crippen LogP contribution in [0.4, 0.5) is 16.3 Å². The Morgan fingerprint density at radius 1 is 1.29 bits per heavy atom. The number of hydrogen-bond acceptors (Lipinski definition) is 6. The second-order valence-electron chi connectivity index (χ2n) is 4.83. The van der Waals surface area contributed by atoms with Crippen LogP contribution in [-0.2, 0) is 16.1 Å². The van der Waals surface area contributed by atoms with Crippen LogP contribution in [-0.4, -0.2) is 43.8 Å². The molecule has 0 saturated heterocycles. The normalized spacial score (nSPS) is 10.5. The highest BCUT2D eigenvalue weighted by molar-refractivity contribution is 5.93. The molecule has 0 atom stereocenters. The summed E-state index contributed by atoms with van der Waals surface area (Å²) in [5, 5.41) is 20.7. The lowest BCUT2D eigenvalue weighted by Gasteiger charge is -2.05. The van der Waals surface area contributed by atoms with E-state index in [1.54, 1.807) is 25.3 Å². The molecule has 0 aliphatic heterocycles. The van der Waals surface area contributed by atoms with Gasteiger partial charge in [0.05, 0.1) is 24.5 Å². The van der Waals surface area contributed by atoms with Gasteiger partial charge in [0.25, 0.3) is 0 Å². The minimum absolute atomic E-state index is 0.0894. The first kappa shape index (κ1) is 15.5. The molecule has 0 spiro atoms. The van der Waals surface area contributed by atoms with Crippen molar-refractivity contribution in [2.75, 3.05) is 17.2 Å². The van der Waals surface area contributed by atoms with Gasteiger partial charge < -0.3 is 10.1 Å². The third kappa shape index (κ3) is 3.66. The van der Waals surface area contributed by atoms with E-state index in [1.807, 2.05) is 6.07 Å². The van der Waals surface area contributed by atoms with Crippen molar-refractivity contribution >= 4 is 34.4 Å². The Kier molecular flexibility index (Phi) is 4.36. The van der Waals surface area contributed by atoms with E-state index in [2.05, 4.69) is 31.0 Å². The first-order valence-corrected chi connectivity index (χ1v) is 7.21. The van der Waals surface area contributed by atoms with Crippen LogP contribution in [0.5, 0.6) is 0 Å². The summed E-state index contributed by atoms with van der Waals surface area (Å²) in [5.41, 5.74) is 1.53. The summed E-state index contributed by atoms with van der Waals surface area (Å²) < 4.78 is 4.73. The lowest BCUT2D eigenvalue weighted by Crippen LogP contribution is -2.20. The number of benzene rings is 1. The Hall–Kier alpha value is -3.43. The minimum Gasteiger partial charge on any atom is -0.450 e. The Morgan fingerprint density at radius 3 is 3.00 bits per heavy atom. The number of ether oxygens (including phenoxy) is 1. The Bertz CT molecular complexity index is 870. The van der Waals surface area contributed by atoms with Gasteiger partial charge in [0, 0.05) is 11.1 Å². The first-order valence-electron chi connectivity index (χ1n) is 7.21. The van der Waals surface area contributed by atoms with Gasteiger partial charge >= 0.3 is 6.09 Å². The number of fused-ring (bicyclic) bond motifs is 1. The van der Waals surface area contributed by atoms with Gasteiger partial charge in [0.15, 0.2) is 5.82 Å². The number of amides is 2. The lowest BCUT2D eigenvalue weighted by molar-refractivity contribution is -0.117. The number of anilines is 2. The maximum absolute atomic E-state index is 12.0. The third-order valence-electron chi connectivity index (χ3n) is 3.05. The topological polar surface area (TPSA) is 127 Å². The quantitative estimate of drug-likeness (QED) is 0.648. The lowest BCUT2D eigenvalue weighted by atomic mass is 10.2.